The number of nitrogens with one attached hydrogen (secondary N) is 1. The Morgan fingerprint density at radius 1 is 1.16 bits per heavy atom. The van der Waals surface area contributed by atoms with Crippen molar-refractivity contribution < 1.29 is 26.5 Å². The Hall–Kier alpha value is -2.56. The Kier molecular flexibility index (Phi) is 6.79. The van der Waals surface area contributed by atoms with Crippen LogP contribution in [-0.4, -0.2) is 30.4 Å². The summed E-state index contributed by atoms with van der Waals surface area (Å²) in [6, 6.07) is 10.0. The van der Waals surface area contributed by atoms with Crippen molar-refractivity contribution in [3.63, 3.8) is 0 Å². The van der Waals surface area contributed by atoms with Gasteiger partial charge in [0.2, 0.25) is 17.7 Å². The van der Waals surface area contributed by atoms with Crippen molar-refractivity contribution in [3.05, 3.63) is 74.8 Å². The van der Waals surface area contributed by atoms with Gasteiger partial charge in [0.05, 0.1) is 17.1 Å². The number of aromatic nitrogens is 2. The molecule has 1 N–H and O–H groups in total. The average molecular weight is 570 g/mol. The number of benzene rings is 2. The van der Waals surface area contributed by atoms with Crippen LogP contribution in [-0.2, 0) is 27.3 Å². The summed E-state index contributed by atoms with van der Waals surface area (Å²) in [7, 11) is -2.57. The minimum atomic E-state index is -2.69. The van der Waals surface area contributed by atoms with E-state index in [0.717, 1.165) is 5.56 Å². The summed E-state index contributed by atoms with van der Waals surface area (Å²) in [5.74, 6) is -2.86. The fourth-order valence-corrected chi connectivity index (χ4v) is 5.93. The van der Waals surface area contributed by atoms with Crippen molar-refractivity contribution in [2.24, 2.45) is 0 Å². The van der Waals surface area contributed by atoms with Gasteiger partial charge in [-0.25, -0.2) is 17.2 Å². The molecule has 12 heteroatoms. The van der Waals surface area contributed by atoms with Crippen molar-refractivity contribution in [1.82, 2.24) is 10.1 Å². The summed E-state index contributed by atoms with van der Waals surface area (Å²) in [5.41, 5.74) is 1.75. The second-order valence-electron chi connectivity index (χ2n) is 9.74. The van der Waals surface area contributed by atoms with Gasteiger partial charge in [-0.2, -0.15) is 4.98 Å². The lowest BCUT2D eigenvalue weighted by atomic mass is 9.81. The third-order valence-corrected chi connectivity index (χ3v) is 8.53. The molecule has 37 heavy (non-hydrogen) atoms. The smallest absolute Gasteiger partial charge is 0.249 e. The molecule has 0 bridgehead atoms. The van der Waals surface area contributed by atoms with Gasteiger partial charge < -0.3 is 9.84 Å². The van der Waals surface area contributed by atoms with E-state index in [1.165, 1.54) is 0 Å². The molecule has 196 valence electrons. The topological polar surface area (TPSA) is 102 Å². The van der Waals surface area contributed by atoms with Crippen LogP contribution in [0.4, 0.5) is 14.5 Å². The van der Waals surface area contributed by atoms with Crippen LogP contribution in [0, 0.1) is 0 Å². The number of thiol groups is 1. The summed E-state index contributed by atoms with van der Waals surface area (Å²) in [6.45, 7) is 1.60. The van der Waals surface area contributed by atoms with Crippen LogP contribution in [0.15, 0.2) is 40.9 Å². The normalized spacial score (nSPS) is 18.9. The lowest BCUT2D eigenvalue weighted by Gasteiger charge is -2.32. The number of nitrogens with zero attached hydrogens (tertiary/aromatic N) is 2. The largest absolute Gasteiger partial charge is 0.339 e. The molecule has 0 radical (unpaired) electrons. The Morgan fingerprint density at radius 2 is 1.78 bits per heavy atom. The highest BCUT2D eigenvalue weighted by molar-refractivity contribution is 7.72. The third-order valence-electron chi connectivity index (χ3n) is 7.01. The molecule has 1 unspecified atom stereocenters. The molecule has 2 aliphatic carbocycles. The zero-order valence-corrected chi connectivity index (χ0v) is 22.0. The summed E-state index contributed by atoms with van der Waals surface area (Å²) in [4.78, 5) is 17.0. The summed E-state index contributed by atoms with van der Waals surface area (Å²) in [6.07, 6.45) is 0.815. The standard InChI is InChI=1S/C25H23Cl2F2N3O4S/c1-13(37(34)35)15-4-2-14(3-5-15)8-20(33)30-17-9-18(26)21(19(27)10-17)24(6-7-24)23-31-22(36-32-23)16-11-25(28,29)12-16/h2-5,9-10,13,16,37H,6-8,11-12H2,1H3,(H,30,33). The van der Waals surface area contributed by atoms with E-state index < -0.39 is 33.2 Å². The minimum absolute atomic E-state index is 0.0744. The number of amides is 1. The number of hydrogen-bond acceptors (Lipinski definition) is 6. The molecule has 3 aromatic rings. The first-order valence-corrected chi connectivity index (χ1v) is 13.7. The van der Waals surface area contributed by atoms with Crippen molar-refractivity contribution in [2.45, 2.75) is 61.5 Å². The van der Waals surface area contributed by atoms with Gasteiger partial charge >= 0.3 is 0 Å². The van der Waals surface area contributed by atoms with Crippen molar-refractivity contribution in [3.8, 4) is 0 Å². The number of halogens is 4. The summed E-state index contributed by atoms with van der Waals surface area (Å²) >= 11 is 13.2. The van der Waals surface area contributed by atoms with Gasteiger partial charge in [0.15, 0.2) is 5.82 Å². The van der Waals surface area contributed by atoms with Crippen LogP contribution >= 0.6 is 23.2 Å². The molecule has 2 aliphatic rings. The number of carbonyl (C=O) groups is 1. The van der Waals surface area contributed by atoms with E-state index >= 15 is 0 Å². The van der Waals surface area contributed by atoms with Crippen LogP contribution in [0.5, 0.6) is 0 Å². The van der Waals surface area contributed by atoms with Crippen LogP contribution in [0.25, 0.3) is 0 Å². The Balaban J connectivity index is 1.28. The van der Waals surface area contributed by atoms with Crippen molar-refractivity contribution >= 4 is 45.5 Å². The number of hydrogen-bond donors (Lipinski definition) is 2. The zero-order chi connectivity index (χ0) is 26.5. The first-order valence-electron chi connectivity index (χ1n) is 11.7. The minimum Gasteiger partial charge on any atom is -0.339 e. The SMILES string of the molecule is CC(c1ccc(CC(=O)Nc2cc(Cl)c(C3(c4noc(C5CC(F)(F)C5)n4)CC3)c(Cl)c2)cc1)[SH](=O)=O. The quantitative estimate of drug-likeness (QED) is 0.331. The van der Waals surface area contributed by atoms with E-state index in [2.05, 4.69) is 15.5 Å². The predicted octanol–water partition coefficient (Wildman–Crippen LogP) is 5.82. The molecule has 2 fully saturated rings. The lowest BCUT2D eigenvalue weighted by molar-refractivity contribution is -0.115. The van der Waals surface area contributed by atoms with Gasteiger partial charge in [-0.05, 0) is 43.0 Å². The molecule has 5 rings (SSSR count). The van der Waals surface area contributed by atoms with Crippen LogP contribution < -0.4 is 5.32 Å². The summed E-state index contributed by atoms with van der Waals surface area (Å²) < 4.78 is 54.1. The van der Waals surface area contributed by atoms with Gasteiger partial charge in [0.25, 0.3) is 0 Å². The zero-order valence-electron chi connectivity index (χ0n) is 19.6. The van der Waals surface area contributed by atoms with E-state index in [0.29, 0.717) is 45.5 Å². The van der Waals surface area contributed by atoms with E-state index in [4.69, 9.17) is 27.7 Å². The van der Waals surface area contributed by atoms with Gasteiger partial charge in [0, 0.05) is 40.1 Å². The lowest BCUT2D eigenvalue weighted by Crippen LogP contribution is -2.33. The average Bonchev–Trinajstić information content (AvgIpc) is 3.43. The van der Waals surface area contributed by atoms with Crippen LogP contribution in [0.2, 0.25) is 10.0 Å². The Labute approximate surface area is 223 Å². The second kappa shape index (κ2) is 9.63. The first kappa shape index (κ1) is 26.1. The van der Waals surface area contributed by atoms with Crippen LogP contribution in [0.3, 0.4) is 0 Å². The number of anilines is 1. The predicted molar refractivity (Wildman–Crippen MR) is 135 cm³/mol. The maximum absolute atomic E-state index is 13.2. The highest BCUT2D eigenvalue weighted by Gasteiger charge is 2.54. The van der Waals surface area contributed by atoms with Gasteiger partial charge in [-0.15, -0.1) is 0 Å². The maximum Gasteiger partial charge on any atom is 0.249 e. The molecule has 2 saturated carbocycles. The van der Waals surface area contributed by atoms with Crippen molar-refractivity contribution in [1.29, 1.82) is 0 Å². The molecular weight excluding hydrogens is 547 g/mol. The van der Waals surface area contributed by atoms with Gasteiger partial charge in [-0.3, -0.25) is 4.79 Å². The van der Waals surface area contributed by atoms with Gasteiger partial charge in [0.1, 0.15) is 10.7 Å². The molecule has 2 aromatic carbocycles. The number of alkyl halides is 2. The molecular formula is C25H23Cl2F2N3O4S. The molecule has 1 aromatic heterocycles. The molecule has 0 spiro atoms. The monoisotopic (exact) mass is 569 g/mol. The highest BCUT2D eigenvalue weighted by atomic mass is 35.5. The fourth-order valence-electron chi connectivity index (χ4n) is 4.67. The van der Waals surface area contributed by atoms with E-state index in [1.54, 1.807) is 43.3 Å². The van der Waals surface area contributed by atoms with E-state index in [1.807, 2.05) is 0 Å². The van der Waals surface area contributed by atoms with Gasteiger partial charge in [-0.1, -0.05) is 52.6 Å². The second-order valence-corrected chi connectivity index (χ2v) is 11.9. The molecule has 1 amide bonds. The molecule has 7 nitrogen and oxygen atoms in total. The Bertz CT molecular complexity index is 1400. The Morgan fingerprint density at radius 3 is 2.32 bits per heavy atom. The third kappa shape index (κ3) is 5.24. The summed E-state index contributed by atoms with van der Waals surface area (Å²) in [5, 5.41) is 6.89. The van der Waals surface area contributed by atoms with Crippen LogP contribution in [0.1, 0.15) is 72.2 Å². The highest BCUT2D eigenvalue weighted by Crippen LogP contribution is 2.57. The van der Waals surface area contributed by atoms with Crippen molar-refractivity contribution in [2.75, 3.05) is 5.32 Å². The first-order chi connectivity index (χ1) is 17.5. The molecule has 0 saturated heterocycles. The molecule has 0 aliphatic heterocycles. The number of rotatable bonds is 8. The maximum atomic E-state index is 13.2. The fraction of sp³-hybridized carbons (Fsp3) is 0.400. The molecule has 1 heterocycles. The molecule has 1 atom stereocenters. The van der Waals surface area contributed by atoms with E-state index in [9.17, 15) is 22.0 Å². The van der Waals surface area contributed by atoms with E-state index in [-0.39, 0.29) is 31.1 Å². The number of carbonyl (C=O) groups excluding carboxylic acids is 1.